The molecule has 0 bridgehead atoms. The number of carbonyl (C=O) groups is 1. The second kappa shape index (κ2) is 9.83. The number of sulfonamides is 1. The number of methoxy groups -OCH3 is 1. The van der Waals surface area contributed by atoms with E-state index in [0.717, 1.165) is 37.7 Å². The first-order valence-electron chi connectivity index (χ1n) is 10.8. The van der Waals surface area contributed by atoms with Crippen LogP contribution in [-0.2, 0) is 14.8 Å². The number of nitrogens with one attached hydrogen (secondary N) is 1. The van der Waals surface area contributed by atoms with Gasteiger partial charge < -0.3 is 10.1 Å². The molecule has 2 aromatic rings. The fourth-order valence-corrected chi connectivity index (χ4v) is 6.61. The minimum atomic E-state index is -3.84. The summed E-state index contributed by atoms with van der Waals surface area (Å²) >= 11 is 0. The van der Waals surface area contributed by atoms with Crippen molar-refractivity contribution < 1.29 is 17.9 Å². The number of carbonyl (C=O) groups excluding carboxylic acids is 1. The molecule has 0 aliphatic heterocycles. The van der Waals surface area contributed by atoms with Crippen LogP contribution < -0.4 is 10.1 Å². The third kappa shape index (κ3) is 5.28. The van der Waals surface area contributed by atoms with Crippen molar-refractivity contribution in [1.82, 2.24) is 4.31 Å². The molecule has 1 amide bonds. The first-order chi connectivity index (χ1) is 14.7. The van der Waals surface area contributed by atoms with Gasteiger partial charge in [0.05, 0.1) is 24.2 Å². The molecular formula is C24H32N2O4S. The van der Waals surface area contributed by atoms with Crippen LogP contribution in [0.3, 0.4) is 0 Å². The summed E-state index contributed by atoms with van der Waals surface area (Å²) in [5, 5.41) is 2.82. The van der Waals surface area contributed by atoms with Gasteiger partial charge in [-0.1, -0.05) is 49.1 Å². The van der Waals surface area contributed by atoms with Crippen molar-refractivity contribution in [1.29, 1.82) is 0 Å². The number of benzene rings is 2. The fourth-order valence-electron chi connectivity index (χ4n) is 4.55. The van der Waals surface area contributed by atoms with E-state index >= 15 is 0 Å². The molecule has 3 rings (SSSR count). The predicted octanol–water partition coefficient (Wildman–Crippen LogP) is 4.58. The highest BCUT2D eigenvalue weighted by atomic mass is 32.2. The first-order valence-corrected chi connectivity index (χ1v) is 12.2. The maximum Gasteiger partial charge on any atom is 0.244 e. The number of ether oxygens (including phenoxy) is 1. The Hall–Kier alpha value is -2.38. The van der Waals surface area contributed by atoms with E-state index in [1.54, 1.807) is 18.2 Å². The zero-order chi connectivity index (χ0) is 22.6. The van der Waals surface area contributed by atoms with Crippen LogP contribution in [0, 0.1) is 20.8 Å². The Bertz CT molecular complexity index is 1020. The van der Waals surface area contributed by atoms with Crippen LogP contribution in [0.1, 0.15) is 48.8 Å². The maximum absolute atomic E-state index is 13.8. The molecule has 1 aliphatic rings. The Morgan fingerprint density at radius 3 is 2.29 bits per heavy atom. The smallest absolute Gasteiger partial charge is 0.244 e. The summed E-state index contributed by atoms with van der Waals surface area (Å²) in [5.74, 6) is 0.161. The van der Waals surface area contributed by atoms with Crippen LogP contribution in [0.4, 0.5) is 5.69 Å². The van der Waals surface area contributed by atoms with Crippen LogP contribution in [0.15, 0.2) is 41.3 Å². The van der Waals surface area contributed by atoms with Gasteiger partial charge in [0.15, 0.2) is 0 Å². The topological polar surface area (TPSA) is 75.7 Å². The van der Waals surface area contributed by atoms with Crippen molar-refractivity contribution in [2.45, 2.75) is 63.8 Å². The van der Waals surface area contributed by atoms with Crippen LogP contribution >= 0.6 is 0 Å². The number of rotatable bonds is 7. The van der Waals surface area contributed by atoms with Crippen molar-refractivity contribution in [2.75, 3.05) is 19.0 Å². The number of aryl methyl sites for hydroxylation is 3. The molecule has 1 saturated carbocycles. The molecule has 0 unspecified atom stereocenters. The van der Waals surface area contributed by atoms with Crippen molar-refractivity contribution in [3.63, 3.8) is 0 Å². The summed E-state index contributed by atoms with van der Waals surface area (Å²) in [4.78, 5) is 13.3. The van der Waals surface area contributed by atoms with E-state index in [9.17, 15) is 13.2 Å². The van der Waals surface area contributed by atoms with E-state index in [1.807, 2.05) is 39.0 Å². The Morgan fingerprint density at radius 1 is 1.06 bits per heavy atom. The lowest BCUT2D eigenvalue weighted by atomic mass is 9.95. The zero-order valence-corrected chi connectivity index (χ0v) is 19.6. The minimum Gasteiger partial charge on any atom is -0.495 e. The first kappa shape index (κ1) is 23.3. The molecule has 0 radical (unpaired) electrons. The predicted molar refractivity (Wildman–Crippen MR) is 123 cm³/mol. The Morgan fingerprint density at radius 2 is 1.68 bits per heavy atom. The minimum absolute atomic E-state index is 0.178. The van der Waals surface area contributed by atoms with Gasteiger partial charge in [-0.25, -0.2) is 8.42 Å². The van der Waals surface area contributed by atoms with Gasteiger partial charge in [-0.3, -0.25) is 4.79 Å². The normalized spacial score (nSPS) is 15.1. The Labute approximate surface area is 185 Å². The van der Waals surface area contributed by atoms with E-state index in [4.69, 9.17) is 4.74 Å². The highest BCUT2D eigenvalue weighted by Crippen LogP contribution is 2.31. The average Bonchev–Trinajstić information content (AvgIpc) is 2.72. The second-order valence-electron chi connectivity index (χ2n) is 8.32. The van der Waals surface area contributed by atoms with E-state index in [1.165, 1.54) is 11.4 Å². The molecule has 7 heteroatoms. The third-order valence-corrected chi connectivity index (χ3v) is 8.04. The molecule has 0 heterocycles. The van der Waals surface area contributed by atoms with Gasteiger partial charge in [-0.05, 0) is 56.9 Å². The second-order valence-corrected chi connectivity index (χ2v) is 10.1. The highest BCUT2D eigenvalue weighted by molar-refractivity contribution is 7.89. The summed E-state index contributed by atoms with van der Waals surface area (Å²) in [5.41, 5.74) is 2.97. The lowest BCUT2D eigenvalue weighted by molar-refractivity contribution is -0.116. The number of hydrogen-bond donors (Lipinski definition) is 1. The van der Waals surface area contributed by atoms with E-state index < -0.39 is 10.0 Å². The number of hydrogen-bond acceptors (Lipinski definition) is 4. The molecule has 1 aliphatic carbocycles. The van der Waals surface area contributed by atoms with Crippen LogP contribution in [0.2, 0.25) is 0 Å². The molecule has 1 N–H and O–H groups in total. The third-order valence-electron chi connectivity index (χ3n) is 5.83. The van der Waals surface area contributed by atoms with Crippen LogP contribution in [0.25, 0.3) is 0 Å². The Balaban J connectivity index is 1.94. The highest BCUT2D eigenvalue weighted by Gasteiger charge is 2.35. The van der Waals surface area contributed by atoms with Crippen LogP contribution in [-0.4, -0.2) is 38.3 Å². The van der Waals surface area contributed by atoms with Crippen molar-refractivity contribution in [3.8, 4) is 5.75 Å². The van der Waals surface area contributed by atoms with E-state index in [0.29, 0.717) is 27.5 Å². The number of para-hydroxylation sites is 2. The van der Waals surface area contributed by atoms with E-state index in [2.05, 4.69) is 5.32 Å². The molecule has 31 heavy (non-hydrogen) atoms. The largest absolute Gasteiger partial charge is 0.495 e. The molecule has 168 valence electrons. The van der Waals surface area contributed by atoms with E-state index in [-0.39, 0.29) is 18.5 Å². The Kier molecular flexibility index (Phi) is 7.38. The lowest BCUT2D eigenvalue weighted by Gasteiger charge is -2.33. The summed E-state index contributed by atoms with van der Waals surface area (Å²) < 4.78 is 34.4. The fraction of sp³-hybridized carbons (Fsp3) is 0.458. The van der Waals surface area contributed by atoms with Gasteiger partial charge in [0.1, 0.15) is 5.75 Å². The van der Waals surface area contributed by atoms with Crippen LogP contribution in [0.5, 0.6) is 5.75 Å². The number of nitrogens with zero attached hydrogens (tertiary/aromatic N) is 1. The molecule has 0 saturated heterocycles. The summed E-state index contributed by atoms with van der Waals surface area (Å²) in [7, 11) is -2.31. The summed E-state index contributed by atoms with van der Waals surface area (Å²) in [6.45, 7) is 5.37. The molecule has 0 atom stereocenters. The lowest BCUT2D eigenvalue weighted by Crippen LogP contribution is -2.46. The molecule has 6 nitrogen and oxygen atoms in total. The van der Waals surface area contributed by atoms with Gasteiger partial charge in [0.2, 0.25) is 15.9 Å². The van der Waals surface area contributed by atoms with Crippen molar-refractivity contribution in [3.05, 3.63) is 53.1 Å². The average molecular weight is 445 g/mol. The van der Waals surface area contributed by atoms with Crippen molar-refractivity contribution >= 4 is 21.6 Å². The summed E-state index contributed by atoms with van der Waals surface area (Å²) in [6, 6.07) is 10.7. The van der Waals surface area contributed by atoms with Gasteiger partial charge >= 0.3 is 0 Å². The standard InChI is InChI=1S/C24H32N2O4S/c1-17-14-18(2)24(19(3)15-17)31(28,29)26(20-10-6-5-7-11-20)16-23(27)25-21-12-8-9-13-22(21)30-4/h8-9,12-15,20H,5-7,10-11,16H2,1-4H3,(H,25,27). The molecule has 2 aromatic carbocycles. The van der Waals surface area contributed by atoms with Crippen molar-refractivity contribution in [2.24, 2.45) is 0 Å². The number of amides is 1. The number of anilines is 1. The molecule has 0 spiro atoms. The molecule has 0 aromatic heterocycles. The zero-order valence-electron chi connectivity index (χ0n) is 18.8. The molecule has 1 fully saturated rings. The van der Waals surface area contributed by atoms with Gasteiger partial charge in [-0.2, -0.15) is 4.31 Å². The summed E-state index contributed by atoms with van der Waals surface area (Å²) in [6.07, 6.45) is 4.57. The molecular weight excluding hydrogens is 412 g/mol. The van der Waals surface area contributed by atoms with Gasteiger partial charge in [0.25, 0.3) is 0 Å². The monoisotopic (exact) mass is 444 g/mol. The van der Waals surface area contributed by atoms with Gasteiger partial charge in [0, 0.05) is 6.04 Å². The SMILES string of the molecule is COc1ccccc1NC(=O)CN(C1CCCCC1)S(=O)(=O)c1c(C)cc(C)cc1C. The quantitative estimate of drug-likeness (QED) is 0.678. The van der Waals surface area contributed by atoms with Gasteiger partial charge in [-0.15, -0.1) is 0 Å². The maximum atomic E-state index is 13.8.